The monoisotopic (exact) mass is 360 g/mol. The molecule has 0 aliphatic carbocycles. The van der Waals surface area contributed by atoms with Crippen molar-refractivity contribution in [2.75, 3.05) is 19.3 Å². The van der Waals surface area contributed by atoms with Crippen LogP contribution in [0.1, 0.15) is 30.1 Å². The van der Waals surface area contributed by atoms with Crippen molar-refractivity contribution in [1.82, 2.24) is 9.03 Å². The van der Waals surface area contributed by atoms with Gasteiger partial charge in [-0.05, 0) is 31.9 Å². The van der Waals surface area contributed by atoms with E-state index in [2.05, 4.69) is 4.72 Å². The fourth-order valence-corrected chi connectivity index (χ4v) is 4.90. The van der Waals surface area contributed by atoms with E-state index in [0.29, 0.717) is 18.4 Å². The highest BCUT2D eigenvalue weighted by molar-refractivity contribution is 7.89. The van der Waals surface area contributed by atoms with Gasteiger partial charge in [-0.2, -0.15) is 4.31 Å². The lowest BCUT2D eigenvalue weighted by Crippen LogP contribution is -2.46. The van der Waals surface area contributed by atoms with Gasteiger partial charge in [0.25, 0.3) is 0 Å². The van der Waals surface area contributed by atoms with Crippen LogP contribution in [0.2, 0.25) is 0 Å². The molecule has 1 heterocycles. The Hall–Kier alpha value is -1.29. The summed E-state index contributed by atoms with van der Waals surface area (Å²) in [4.78, 5) is 11.5. The lowest BCUT2D eigenvalue weighted by Gasteiger charge is -2.31. The van der Waals surface area contributed by atoms with Crippen molar-refractivity contribution >= 4 is 25.8 Å². The predicted molar refractivity (Wildman–Crippen MR) is 86.2 cm³/mol. The van der Waals surface area contributed by atoms with E-state index < -0.39 is 20.0 Å². The van der Waals surface area contributed by atoms with Gasteiger partial charge in [0.15, 0.2) is 5.78 Å². The highest BCUT2D eigenvalue weighted by Crippen LogP contribution is 2.22. The molecule has 1 aromatic carbocycles. The number of ketones is 1. The lowest BCUT2D eigenvalue weighted by atomic mass is 10.1. The molecule has 0 amide bonds. The molecule has 0 atom stereocenters. The zero-order valence-corrected chi connectivity index (χ0v) is 14.7. The molecule has 128 valence electrons. The minimum atomic E-state index is -3.68. The average molecular weight is 360 g/mol. The van der Waals surface area contributed by atoms with Crippen LogP contribution in [0.5, 0.6) is 0 Å². The molecule has 0 aromatic heterocycles. The van der Waals surface area contributed by atoms with Gasteiger partial charge >= 0.3 is 0 Å². The van der Waals surface area contributed by atoms with Crippen LogP contribution in [0.25, 0.3) is 0 Å². The molecular formula is C14H20N2O5S2. The van der Waals surface area contributed by atoms with Gasteiger partial charge in [-0.3, -0.25) is 4.79 Å². The van der Waals surface area contributed by atoms with Crippen molar-refractivity contribution in [2.45, 2.75) is 30.7 Å². The number of carbonyl (C=O) groups is 1. The topological polar surface area (TPSA) is 101 Å². The van der Waals surface area contributed by atoms with Crippen molar-refractivity contribution in [1.29, 1.82) is 0 Å². The van der Waals surface area contributed by atoms with E-state index in [1.807, 2.05) is 0 Å². The van der Waals surface area contributed by atoms with Crippen molar-refractivity contribution in [2.24, 2.45) is 0 Å². The SMILES string of the molecule is CC(=O)c1cccc(S(=O)(=O)N2CCC(NS(C)(=O)=O)CC2)c1. The molecule has 23 heavy (non-hydrogen) atoms. The van der Waals surface area contributed by atoms with Gasteiger partial charge in [0.05, 0.1) is 11.2 Å². The first-order valence-corrected chi connectivity index (χ1v) is 10.5. The van der Waals surface area contributed by atoms with E-state index in [4.69, 9.17) is 0 Å². The number of sulfonamides is 2. The van der Waals surface area contributed by atoms with Crippen molar-refractivity contribution in [3.8, 4) is 0 Å². The van der Waals surface area contributed by atoms with Crippen LogP contribution in [0.4, 0.5) is 0 Å². The second kappa shape index (κ2) is 6.68. The first kappa shape index (κ1) is 18.1. The predicted octanol–water partition coefficient (Wildman–Crippen LogP) is 0.591. The Bertz CT molecular complexity index is 794. The number of nitrogens with zero attached hydrogens (tertiary/aromatic N) is 1. The highest BCUT2D eigenvalue weighted by atomic mass is 32.2. The molecule has 0 spiro atoms. The van der Waals surface area contributed by atoms with Crippen molar-refractivity contribution in [3.05, 3.63) is 29.8 Å². The summed E-state index contributed by atoms with van der Waals surface area (Å²) >= 11 is 0. The molecular weight excluding hydrogens is 340 g/mol. The lowest BCUT2D eigenvalue weighted by molar-refractivity contribution is 0.101. The molecule has 1 N–H and O–H groups in total. The normalized spacial score (nSPS) is 18.0. The zero-order valence-electron chi connectivity index (χ0n) is 13.0. The summed E-state index contributed by atoms with van der Waals surface area (Å²) < 4.78 is 51.5. The maximum Gasteiger partial charge on any atom is 0.243 e. The molecule has 1 aliphatic rings. The Morgan fingerprint density at radius 1 is 1.17 bits per heavy atom. The van der Waals surface area contributed by atoms with Crippen molar-refractivity contribution in [3.63, 3.8) is 0 Å². The maximum absolute atomic E-state index is 12.6. The summed E-state index contributed by atoms with van der Waals surface area (Å²) in [5.74, 6) is -0.196. The molecule has 0 radical (unpaired) electrons. The number of hydrogen-bond donors (Lipinski definition) is 1. The summed E-state index contributed by atoms with van der Waals surface area (Å²) in [5, 5.41) is 0. The summed E-state index contributed by atoms with van der Waals surface area (Å²) in [7, 11) is -6.98. The highest BCUT2D eigenvalue weighted by Gasteiger charge is 2.30. The minimum Gasteiger partial charge on any atom is -0.295 e. The number of carbonyl (C=O) groups excluding carboxylic acids is 1. The number of piperidine rings is 1. The van der Waals surface area contributed by atoms with Crippen LogP contribution in [0.15, 0.2) is 29.2 Å². The number of nitrogens with one attached hydrogen (secondary N) is 1. The first-order chi connectivity index (χ1) is 10.6. The van der Waals surface area contributed by atoms with Crippen LogP contribution in [0, 0.1) is 0 Å². The quantitative estimate of drug-likeness (QED) is 0.775. The summed E-state index contributed by atoms with van der Waals surface area (Å²) in [6.07, 6.45) is 1.92. The fraction of sp³-hybridized carbons (Fsp3) is 0.500. The van der Waals surface area contributed by atoms with Crippen LogP contribution in [-0.2, 0) is 20.0 Å². The smallest absolute Gasteiger partial charge is 0.243 e. The fourth-order valence-electron chi connectivity index (χ4n) is 2.54. The largest absolute Gasteiger partial charge is 0.295 e. The summed E-state index contributed by atoms with van der Waals surface area (Å²) in [5.41, 5.74) is 0.347. The second-order valence-electron chi connectivity index (χ2n) is 5.65. The third kappa shape index (κ3) is 4.60. The molecule has 1 saturated heterocycles. The third-order valence-corrected chi connectivity index (χ3v) is 6.37. The van der Waals surface area contributed by atoms with Gasteiger partial charge in [-0.1, -0.05) is 12.1 Å². The Balaban J connectivity index is 2.13. The van der Waals surface area contributed by atoms with Gasteiger partial charge in [-0.25, -0.2) is 21.6 Å². The van der Waals surface area contributed by atoms with Crippen LogP contribution in [0.3, 0.4) is 0 Å². The van der Waals surface area contributed by atoms with Gasteiger partial charge in [-0.15, -0.1) is 0 Å². The molecule has 9 heteroatoms. The van der Waals surface area contributed by atoms with Gasteiger partial charge < -0.3 is 0 Å². The van der Waals surface area contributed by atoms with E-state index in [9.17, 15) is 21.6 Å². The summed E-state index contributed by atoms with van der Waals surface area (Å²) in [6, 6.07) is 5.70. The Morgan fingerprint density at radius 2 is 1.78 bits per heavy atom. The number of Topliss-reactive ketones (excluding diaryl/α,β-unsaturated/α-hetero) is 1. The molecule has 1 aliphatic heterocycles. The second-order valence-corrected chi connectivity index (χ2v) is 9.37. The minimum absolute atomic E-state index is 0.0831. The van der Waals surface area contributed by atoms with E-state index in [-0.39, 0.29) is 29.8 Å². The number of hydrogen-bond acceptors (Lipinski definition) is 5. The first-order valence-electron chi connectivity index (χ1n) is 7.18. The Kier molecular flexibility index (Phi) is 5.24. The number of benzene rings is 1. The maximum atomic E-state index is 12.6. The molecule has 1 fully saturated rings. The van der Waals surface area contributed by atoms with Gasteiger partial charge in [0.1, 0.15) is 0 Å². The third-order valence-electron chi connectivity index (χ3n) is 3.71. The Morgan fingerprint density at radius 3 is 2.30 bits per heavy atom. The Labute approximate surface area is 136 Å². The molecule has 2 rings (SSSR count). The van der Waals surface area contributed by atoms with Crippen LogP contribution < -0.4 is 4.72 Å². The molecule has 0 saturated carbocycles. The van der Waals surface area contributed by atoms with E-state index in [1.54, 1.807) is 12.1 Å². The summed E-state index contributed by atoms with van der Waals surface area (Å²) in [6.45, 7) is 1.85. The van der Waals surface area contributed by atoms with E-state index in [1.165, 1.54) is 23.4 Å². The average Bonchev–Trinajstić information content (AvgIpc) is 2.46. The van der Waals surface area contributed by atoms with Crippen LogP contribution >= 0.6 is 0 Å². The standard InChI is InChI=1S/C14H20N2O5S2/c1-11(17)12-4-3-5-14(10-12)23(20,21)16-8-6-13(7-9-16)15-22(2,18)19/h3-5,10,13,15H,6-9H2,1-2H3. The van der Waals surface area contributed by atoms with Crippen LogP contribution in [-0.4, -0.2) is 52.3 Å². The number of rotatable bonds is 5. The molecule has 0 unspecified atom stereocenters. The van der Waals surface area contributed by atoms with E-state index >= 15 is 0 Å². The van der Waals surface area contributed by atoms with Gasteiger partial charge in [0.2, 0.25) is 20.0 Å². The molecule has 7 nitrogen and oxygen atoms in total. The van der Waals surface area contributed by atoms with Crippen molar-refractivity contribution < 1.29 is 21.6 Å². The molecule has 0 bridgehead atoms. The zero-order chi connectivity index (χ0) is 17.3. The van der Waals surface area contributed by atoms with E-state index in [0.717, 1.165) is 6.26 Å². The van der Waals surface area contributed by atoms with Gasteiger partial charge in [0, 0.05) is 24.7 Å². The molecule has 1 aromatic rings.